The lowest BCUT2D eigenvalue weighted by Crippen LogP contribution is -2.49. The van der Waals surface area contributed by atoms with Crippen molar-refractivity contribution in [3.63, 3.8) is 0 Å². The van der Waals surface area contributed by atoms with Crippen molar-refractivity contribution in [2.24, 2.45) is 11.7 Å². The summed E-state index contributed by atoms with van der Waals surface area (Å²) in [4.78, 5) is 12.8. The maximum absolute atomic E-state index is 12.6. The maximum atomic E-state index is 12.6. The van der Waals surface area contributed by atoms with Gasteiger partial charge in [0.25, 0.3) is 0 Å². The second-order valence-electron chi connectivity index (χ2n) is 5.06. The smallest absolute Gasteiger partial charge is 0.328 e. The minimum atomic E-state index is -4.44. The van der Waals surface area contributed by atoms with Gasteiger partial charge < -0.3 is 10.6 Å². The zero-order valence-electron chi connectivity index (χ0n) is 11.5. The maximum Gasteiger partial charge on any atom is 0.406 e. The number of hydrogen-bond acceptors (Lipinski definition) is 2. The molecule has 20 heavy (non-hydrogen) atoms. The summed E-state index contributed by atoms with van der Waals surface area (Å²) in [7, 11) is 0. The van der Waals surface area contributed by atoms with Crippen LogP contribution < -0.4 is 5.73 Å². The van der Waals surface area contributed by atoms with Crippen LogP contribution in [0.5, 0.6) is 0 Å². The zero-order chi connectivity index (χ0) is 15.3. The van der Waals surface area contributed by atoms with Crippen LogP contribution in [0.2, 0.25) is 0 Å². The molecule has 112 valence electrons. The normalized spacial score (nSPS) is 13.3. The summed E-state index contributed by atoms with van der Waals surface area (Å²) in [5.74, 6) is -0.893. The lowest BCUT2D eigenvalue weighted by atomic mass is 10.0. The van der Waals surface area contributed by atoms with Crippen molar-refractivity contribution in [3.8, 4) is 0 Å². The van der Waals surface area contributed by atoms with Crippen molar-refractivity contribution in [1.29, 1.82) is 0 Å². The first-order valence-corrected chi connectivity index (χ1v) is 6.35. The molecule has 0 fully saturated rings. The van der Waals surface area contributed by atoms with Crippen molar-refractivity contribution in [2.45, 2.75) is 32.6 Å². The Hall–Kier alpha value is -1.56. The Bertz CT molecular complexity index is 432. The first kappa shape index (κ1) is 16.5. The highest BCUT2D eigenvalue weighted by atomic mass is 19.4. The van der Waals surface area contributed by atoms with Crippen molar-refractivity contribution < 1.29 is 18.0 Å². The van der Waals surface area contributed by atoms with E-state index in [2.05, 4.69) is 0 Å². The van der Waals surface area contributed by atoms with E-state index in [1.807, 2.05) is 0 Å². The highest BCUT2D eigenvalue weighted by molar-refractivity contribution is 5.82. The number of amides is 1. The molecule has 2 N–H and O–H groups in total. The molecule has 1 unspecified atom stereocenters. The van der Waals surface area contributed by atoms with Crippen molar-refractivity contribution in [2.75, 3.05) is 6.54 Å². The number of nitrogens with zero attached hydrogens (tertiary/aromatic N) is 1. The second kappa shape index (κ2) is 6.74. The molecule has 1 atom stereocenters. The highest BCUT2D eigenvalue weighted by Crippen LogP contribution is 2.19. The average molecular weight is 288 g/mol. The van der Waals surface area contributed by atoms with Gasteiger partial charge in [-0.1, -0.05) is 44.2 Å². The average Bonchev–Trinajstić information content (AvgIpc) is 2.35. The van der Waals surface area contributed by atoms with E-state index < -0.39 is 24.7 Å². The van der Waals surface area contributed by atoms with Gasteiger partial charge in [-0.15, -0.1) is 0 Å². The van der Waals surface area contributed by atoms with Gasteiger partial charge in [-0.05, 0) is 11.5 Å². The van der Waals surface area contributed by atoms with E-state index in [1.165, 1.54) is 0 Å². The molecule has 0 aliphatic rings. The molecule has 0 aliphatic heterocycles. The van der Waals surface area contributed by atoms with Crippen LogP contribution in [0.4, 0.5) is 13.2 Å². The van der Waals surface area contributed by atoms with Crippen LogP contribution in [-0.4, -0.2) is 29.6 Å². The first-order chi connectivity index (χ1) is 9.20. The van der Waals surface area contributed by atoms with E-state index in [9.17, 15) is 18.0 Å². The number of hydrogen-bond donors (Lipinski definition) is 1. The fourth-order valence-corrected chi connectivity index (χ4v) is 1.73. The van der Waals surface area contributed by atoms with Crippen LogP contribution >= 0.6 is 0 Å². The quantitative estimate of drug-likeness (QED) is 0.905. The summed E-state index contributed by atoms with van der Waals surface area (Å²) in [6.45, 7) is 2.02. The minimum absolute atomic E-state index is 0.0976. The van der Waals surface area contributed by atoms with Crippen LogP contribution in [0.15, 0.2) is 30.3 Å². The molecule has 1 rings (SSSR count). The Morgan fingerprint density at radius 1 is 1.25 bits per heavy atom. The highest BCUT2D eigenvalue weighted by Gasteiger charge is 2.35. The molecule has 1 aromatic carbocycles. The van der Waals surface area contributed by atoms with Gasteiger partial charge in [0, 0.05) is 6.54 Å². The molecule has 0 bridgehead atoms. The number of rotatable bonds is 5. The van der Waals surface area contributed by atoms with Gasteiger partial charge in [0.1, 0.15) is 6.54 Å². The van der Waals surface area contributed by atoms with Gasteiger partial charge >= 0.3 is 6.18 Å². The monoisotopic (exact) mass is 288 g/mol. The Kier molecular flexibility index (Phi) is 5.56. The number of halogens is 3. The minimum Gasteiger partial charge on any atom is -0.328 e. The molecular weight excluding hydrogens is 269 g/mol. The van der Waals surface area contributed by atoms with E-state index in [0.29, 0.717) is 5.56 Å². The lowest BCUT2D eigenvalue weighted by molar-refractivity contribution is -0.163. The number of carbonyl (C=O) groups is 1. The SMILES string of the molecule is CC(C)C(N)C(=O)N(Cc1ccccc1)CC(F)(F)F. The predicted octanol–water partition coefficient (Wildman–Crippen LogP) is 2.56. The van der Waals surface area contributed by atoms with Crippen LogP contribution in [0.1, 0.15) is 19.4 Å². The number of benzene rings is 1. The van der Waals surface area contributed by atoms with E-state index in [0.717, 1.165) is 4.90 Å². The van der Waals surface area contributed by atoms with E-state index in [4.69, 9.17) is 5.73 Å². The summed E-state index contributed by atoms with van der Waals surface area (Å²) >= 11 is 0. The second-order valence-corrected chi connectivity index (χ2v) is 5.06. The van der Waals surface area contributed by atoms with Crippen molar-refractivity contribution >= 4 is 5.91 Å². The molecule has 0 spiro atoms. The summed E-state index contributed by atoms with van der Waals surface area (Å²) in [5.41, 5.74) is 6.31. The fraction of sp³-hybridized carbons (Fsp3) is 0.500. The van der Waals surface area contributed by atoms with Gasteiger partial charge in [-0.2, -0.15) is 13.2 Å². The molecule has 6 heteroatoms. The van der Waals surface area contributed by atoms with Crippen LogP contribution in [0, 0.1) is 5.92 Å². The largest absolute Gasteiger partial charge is 0.406 e. The summed E-state index contributed by atoms with van der Waals surface area (Å²) < 4.78 is 37.8. The van der Waals surface area contributed by atoms with E-state index >= 15 is 0 Å². The third-order valence-corrected chi connectivity index (χ3v) is 2.90. The molecule has 3 nitrogen and oxygen atoms in total. The third kappa shape index (κ3) is 5.21. The van der Waals surface area contributed by atoms with Gasteiger partial charge in [-0.25, -0.2) is 0 Å². The van der Waals surface area contributed by atoms with Crippen molar-refractivity contribution in [1.82, 2.24) is 4.90 Å². The number of carbonyl (C=O) groups excluding carboxylic acids is 1. The Balaban J connectivity index is 2.88. The van der Waals surface area contributed by atoms with Gasteiger partial charge in [0.15, 0.2) is 0 Å². The topological polar surface area (TPSA) is 46.3 Å². The van der Waals surface area contributed by atoms with Gasteiger partial charge in [-0.3, -0.25) is 4.79 Å². The Labute approximate surface area is 116 Å². The standard InChI is InChI=1S/C14H19F3N2O/c1-10(2)12(18)13(20)19(9-14(15,16)17)8-11-6-4-3-5-7-11/h3-7,10,12H,8-9,18H2,1-2H3. The van der Waals surface area contributed by atoms with Gasteiger partial charge in [0.05, 0.1) is 6.04 Å². The van der Waals surface area contributed by atoms with Crippen LogP contribution in [-0.2, 0) is 11.3 Å². The molecule has 0 radical (unpaired) electrons. The van der Waals surface area contributed by atoms with E-state index in [1.54, 1.807) is 44.2 Å². The predicted molar refractivity (Wildman–Crippen MR) is 70.7 cm³/mol. The third-order valence-electron chi connectivity index (χ3n) is 2.90. The Morgan fingerprint density at radius 2 is 1.80 bits per heavy atom. The molecular formula is C14H19F3N2O. The lowest BCUT2D eigenvalue weighted by Gasteiger charge is -2.28. The summed E-state index contributed by atoms with van der Waals surface area (Å²) in [6, 6.07) is 7.62. The Morgan fingerprint density at radius 3 is 2.25 bits per heavy atom. The first-order valence-electron chi connectivity index (χ1n) is 6.35. The fourth-order valence-electron chi connectivity index (χ4n) is 1.73. The zero-order valence-corrected chi connectivity index (χ0v) is 11.5. The molecule has 1 amide bonds. The molecule has 1 aromatic rings. The van der Waals surface area contributed by atoms with Crippen LogP contribution in [0.25, 0.3) is 0 Å². The van der Waals surface area contributed by atoms with E-state index in [-0.39, 0.29) is 12.5 Å². The molecule has 0 aromatic heterocycles. The van der Waals surface area contributed by atoms with Crippen LogP contribution in [0.3, 0.4) is 0 Å². The van der Waals surface area contributed by atoms with Gasteiger partial charge in [0.2, 0.25) is 5.91 Å². The van der Waals surface area contributed by atoms with Crippen molar-refractivity contribution in [3.05, 3.63) is 35.9 Å². The molecule has 0 heterocycles. The number of nitrogens with two attached hydrogens (primary N) is 1. The summed E-state index contributed by atoms with van der Waals surface area (Å²) in [5, 5.41) is 0. The molecule has 0 saturated heterocycles. The summed E-state index contributed by atoms with van der Waals surface area (Å²) in [6.07, 6.45) is -4.44. The molecule has 0 saturated carbocycles. The molecule has 0 aliphatic carbocycles. The number of alkyl halides is 3.